The van der Waals surface area contributed by atoms with Crippen molar-refractivity contribution in [3.63, 3.8) is 0 Å². The molecular formula is C13H19N3O4S. The highest BCUT2D eigenvalue weighted by Crippen LogP contribution is 2.21. The molecule has 0 unspecified atom stereocenters. The van der Waals surface area contributed by atoms with Crippen LogP contribution in [0.5, 0.6) is 0 Å². The molecule has 1 heterocycles. The van der Waals surface area contributed by atoms with Crippen LogP contribution in [-0.2, 0) is 16.4 Å². The number of hydrogen-bond donors (Lipinski definition) is 0. The quantitative estimate of drug-likeness (QED) is 0.597. The Kier molecular flexibility index (Phi) is 4.60. The summed E-state index contributed by atoms with van der Waals surface area (Å²) in [7, 11) is 0.801. The molecular weight excluding hydrogens is 294 g/mol. The highest BCUT2D eigenvalue weighted by atomic mass is 32.2. The van der Waals surface area contributed by atoms with Gasteiger partial charge in [-0.25, -0.2) is 18.4 Å². The summed E-state index contributed by atoms with van der Waals surface area (Å²) in [4.78, 5) is 10.2. The fourth-order valence-corrected chi connectivity index (χ4v) is 4.24. The van der Waals surface area contributed by atoms with Crippen molar-refractivity contribution in [3.8, 4) is 0 Å². The van der Waals surface area contributed by atoms with E-state index in [1.165, 1.54) is 12.1 Å². The molecule has 116 valence electrons. The molecule has 0 amide bonds. The molecule has 0 aliphatic carbocycles. The number of nitro groups is 1. The van der Waals surface area contributed by atoms with Crippen molar-refractivity contribution in [3.05, 3.63) is 39.9 Å². The first-order valence-electron chi connectivity index (χ1n) is 6.66. The van der Waals surface area contributed by atoms with Crippen LogP contribution in [0.3, 0.4) is 0 Å². The van der Waals surface area contributed by atoms with E-state index < -0.39 is 14.8 Å². The average molecular weight is 313 g/mol. The summed E-state index contributed by atoms with van der Waals surface area (Å²) in [6.45, 7) is 0.533. The number of nitrogens with zero attached hydrogens (tertiary/aromatic N) is 3. The number of hydrogen-bond acceptors (Lipinski definition) is 6. The number of non-ortho nitro benzene ring substituents is 1. The van der Waals surface area contributed by atoms with E-state index in [9.17, 15) is 18.5 Å². The van der Waals surface area contributed by atoms with Gasteiger partial charge in [0.25, 0.3) is 5.69 Å². The Morgan fingerprint density at radius 3 is 2.33 bits per heavy atom. The Labute approximate surface area is 124 Å². The predicted octanol–water partition coefficient (Wildman–Crippen LogP) is 1.06. The minimum absolute atomic E-state index is 0.0415. The first kappa shape index (κ1) is 15.9. The smallest absolute Gasteiger partial charge is 0.258 e. The molecule has 0 radical (unpaired) electrons. The zero-order valence-corrected chi connectivity index (χ0v) is 12.9. The molecule has 1 fully saturated rings. The van der Waals surface area contributed by atoms with E-state index in [1.807, 2.05) is 24.1 Å². The van der Waals surface area contributed by atoms with Gasteiger partial charge in [0.05, 0.1) is 16.4 Å². The van der Waals surface area contributed by atoms with Gasteiger partial charge in [0.15, 0.2) is 9.84 Å². The molecule has 8 heteroatoms. The van der Waals surface area contributed by atoms with E-state index in [2.05, 4.69) is 0 Å². The van der Waals surface area contributed by atoms with Crippen LogP contribution < -0.4 is 0 Å². The third kappa shape index (κ3) is 3.99. The maximum Gasteiger partial charge on any atom is 0.269 e. The summed E-state index contributed by atoms with van der Waals surface area (Å²) in [5, 5.41) is 14.5. The van der Waals surface area contributed by atoms with Gasteiger partial charge in [-0.1, -0.05) is 12.1 Å². The average Bonchev–Trinajstić information content (AvgIpc) is 2.76. The molecule has 1 atom stereocenters. The minimum atomic E-state index is -2.94. The summed E-state index contributed by atoms with van der Waals surface area (Å²) in [5.74, 6) is 0.389. The number of hydrazine groups is 1. The maximum absolute atomic E-state index is 11.6. The maximum atomic E-state index is 11.6. The van der Waals surface area contributed by atoms with Crippen molar-refractivity contribution in [2.45, 2.75) is 19.0 Å². The van der Waals surface area contributed by atoms with Crippen LogP contribution in [0.15, 0.2) is 24.3 Å². The fourth-order valence-electron chi connectivity index (χ4n) is 2.52. The van der Waals surface area contributed by atoms with Crippen LogP contribution in [0.25, 0.3) is 0 Å². The van der Waals surface area contributed by atoms with Crippen LogP contribution in [0.4, 0.5) is 5.69 Å². The van der Waals surface area contributed by atoms with Crippen LogP contribution in [-0.4, -0.2) is 55.0 Å². The zero-order valence-electron chi connectivity index (χ0n) is 12.1. The molecule has 1 aliphatic heterocycles. The van der Waals surface area contributed by atoms with Crippen LogP contribution >= 0.6 is 0 Å². The van der Waals surface area contributed by atoms with Crippen molar-refractivity contribution >= 4 is 15.5 Å². The monoisotopic (exact) mass is 313 g/mol. The molecule has 1 saturated heterocycles. The Morgan fingerprint density at radius 1 is 1.29 bits per heavy atom. The zero-order chi connectivity index (χ0) is 15.6. The highest BCUT2D eigenvalue weighted by Gasteiger charge is 2.33. The molecule has 0 N–H and O–H groups in total. The lowest BCUT2D eigenvalue weighted by atomic mass is 10.1. The fraction of sp³-hybridized carbons (Fsp3) is 0.538. The standard InChI is InChI=1S/C13H19N3O4S/c1-14(2)15(13-7-8-21(19,20)10-13)9-11-3-5-12(6-4-11)16(17)18/h3-6,13H,7-10H2,1-2H3/t13-/m1/s1. The van der Waals surface area contributed by atoms with E-state index >= 15 is 0 Å². The third-order valence-corrected chi connectivity index (χ3v) is 5.39. The second-order valence-electron chi connectivity index (χ2n) is 5.43. The van der Waals surface area contributed by atoms with E-state index in [0.29, 0.717) is 13.0 Å². The van der Waals surface area contributed by atoms with E-state index in [0.717, 1.165) is 5.56 Å². The normalized spacial score (nSPS) is 21.0. The number of sulfone groups is 1. The van der Waals surface area contributed by atoms with Gasteiger partial charge in [0.1, 0.15) is 0 Å². The SMILES string of the molecule is CN(C)N(Cc1ccc([N+](=O)[O-])cc1)[C@@H]1CCS(=O)(=O)C1. The third-order valence-electron chi connectivity index (χ3n) is 3.64. The first-order chi connectivity index (χ1) is 9.78. The predicted molar refractivity (Wildman–Crippen MR) is 79.4 cm³/mol. The summed E-state index contributed by atoms with van der Waals surface area (Å²) in [6.07, 6.45) is 0.619. The molecule has 1 aliphatic rings. The minimum Gasteiger partial charge on any atom is -0.258 e. The van der Waals surface area contributed by atoms with Gasteiger partial charge in [-0.2, -0.15) is 0 Å². The Balaban J connectivity index is 2.11. The molecule has 1 aromatic rings. The molecule has 0 aromatic heterocycles. The van der Waals surface area contributed by atoms with Gasteiger partial charge in [0.2, 0.25) is 0 Å². The van der Waals surface area contributed by atoms with Crippen LogP contribution in [0, 0.1) is 10.1 Å². The largest absolute Gasteiger partial charge is 0.269 e. The van der Waals surface area contributed by atoms with Gasteiger partial charge in [0, 0.05) is 38.8 Å². The molecule has 0 saturated carbocycles. The lowest BCUT2D eigenvalue weighted by molar-refractivity contribution is -0.384. The summed E-state index contributed by atoms with van der Waals surface area (Å²) >= 11 is 0. The van der Waals surface area contributed by atoms with Gasteiger partial charge >= 0.3 is 0 Å². The Hall–Kier alpha value is -1.51. The Bertz CT molecular complexity index is 613. The second kappa shape index (κ2) is 6.08. The summed E-state index contributed by atoms with van der Waals surface area (Å²) in [5.41, 5.74) is 0.970. The summed E-state index contributed by atoms with van der Waals surface area (Å²) in [6, 6.07) is 6.31. The van der Waals surface area contributed by atoms with Crippen molar-refractivity contribution in [2.24, 2.45) is 0 Å². The van der Waals surface area contributed by atoms with Crippen molar-refractivity contribution in [1.82, 2.24) is 10.0 Å². The molecule has 21 heavy (non-hydrogen) atoms. The molecule has 1 aromatic carbocycles. The van der Waals surface area contributed by atoms with Gasteiger partial charge in [-0.15, -0.1) is 0 Å². The highest BCUT2D eigenvalue weighted by molar-refractivity contribution is 7.91. The van der Waals surface area contributed by atoms with Crippen LogP contribution in [0.1, 0.15) is 12.0 Å². The number of rotatable bonds is 5. The van der Waals surface area contributed by atoms with Crippen molar-refractivity contribution in [2.75, 3.05) is 25.6 Å². The first-order valence-corrected chi connectivity index (χ1v) is 8.48. The lowest BCUT2D eigenvalue weighted by Gasteiger charge is -2.33. The van der Waals surface area contributed by atoms with E-state index in [1.54, 1.807) is 12.1 Å². The van der Waals surface area contributed by atoms with Crippen LogP contribution in [0.2, 0.25) is 0 Å². The summed E-state index contributed by atoms with van der Waals surface area (Å²) < 4.78 is 23.2. The lowest BCUT2D eigenvalue weighted by Crippen LogP contribution is -2.44. The van der Waals surface area contributed by atoms with Crippen molar-refractivity contribution in [1.29, 1.82) is 0 Å². The number of nitro benzene ring substituents is 1. The topological polar surface area (TPSA) is 83.8 Å². The molecule has 7 nitrogen and oxygen atoms in total. The van der Waals surface area contributed by atoms with Gasteiger partial charge < -0.3 is 0 Å². The molecule has 2 rings (SSSR count). The number of benzene rings is 1. The molecule has 0 bridgehead atoms. The van der Waals surface area contributed by atoms with Gasteiger partial charge in [-0.05, 0) is 12.0 Å². The molecule has 0 spiro atoms. The van der Waals surface area contributed by atoms with E-state index in [4.69, 9.17) is 0 Å². The van der Waals surface area contributed by atoms with Crippen molar-refractivity contribution < 1.29 is 13.3 Å². The Morgan fingerprint density at radius 2 is 1.90 bits per heavy atom. The van der Waals surface area contributed by atoms with E-state index in [-0.39, 0.29) is 23.2 Å². The second-order valence-corrected chi connectivity index (χ2v) is 7.65. The van der Waals surface area contributed by atoms with Gasteiger partial charge in [-0.3, -0.25) is 10.1 Å².